The molecule has 0 radical (unpaired) electrons. The quantitative estimate of drug-likeness (QED) is 0.184. The number of anilines is 1. The third-order valence-corrected chi connectivity index (χ3v) is 1.43. The Balaban J connectivity index is 2.85. The summed E-state index contributed by atoms with van der Waals surface area (Å²) in [5.41, 5.74) is 15.2. The highest BCUT2D eigenvalue weighted by Gasteiger charge is 1.97. The topological polar surface area (TPSA) is 81.0 Å². The van der Waals surface area contributed by atoms with Gasteiger partial charge in [0.1, 0.15) is 6.34 Å². The van der Waals surface area contributed by atoms with Gasteiger partial charge in [-0.15, -0.1) is 0 Å². The molecule has 0 aliphatic carbocycles. The van der Waals surface area contributed by atoms with Crippen LogP contribution in [0.3, 0.4) is 0 Å². The van der Waals surface area contributed by atoms with Crippen molar-refractivity contribution in [2.75, 3.05) is 5.73 Å². The van der Waals surface area contributed by atoms with Crippen LogP contribution in [0.4, 0.5) is 11.4 Å². The largest absolute Gasteiger partial charge is 0.399 e. The van der Waals surface area contributed by atoms with Crippen molar-refractivity contribution in [3.8, 4) is 0 Å². The van der Waals surface area contributed by atoms with Gasteiger partial charge in [-0.05, 0) is 18.6 Å². The number of rotatable bonds is 2. The lowest BCUT2D eigenvalue weighted by Gasteiger charge is -1.97. The molecule has 6 N–H and O–H groups in total. The highest BCUT2D eigenvalue weighted by Crippen LogP contribution is 2.10. The molecule has 0 aromatic heterocycles. The molecule has 0 atom stereocenters. The third-order valence-electron chi connectivity index (χ3n) is 1.43. The second-order valence-electron chi connectivity index (χ2n) is 2.60. The normalized spacial score (nSPS) is 10.8. The van der Waals surface area contributed by atoms with Crippen LogP contribution in [0.25, 0.3) is 0 Å². The van der Waals surface area contributed by atoms with Gasteiger partial charge in [-0.1, -0.05) is 5.10 Å². The van der Waals surface area contributed by atoms with E-state index < -0.39 is 0 Å². The summed E-state index contributed by atoms with van der Waals surface area (Å²) in [6.07, 6.45) is 1.25. The predicted octanol–water partition coefficient (Wildman–Crippen LogP) is -0.326. The Kier molecular flexibility index (Phi) is 2.66. The fourth-order valence-corrected chi connectivity index (χ4v) is 1.05. The maximum absolute atomic E-state index is 5.63. The minimum absolute atomic E-state index is 0.744. The van der Waals surface area contributed by atoms with E-state index in [4.69, 9.17) is 11.5 Å². The molecule has 64 valence electrons. The number of aryl methyl sites for hydroxylation is 1. The number of nitrogens with zero attached hydrogens (tertiary/aromatic N) is 1. The van der Waals surface area contributed by atoms with Gasteiger partial charge >= 0.3 is 0 Å². The summed E-state index contributed by atoms with van der Waals surface area (Å²) in [6.45, 7) is 1.99. The Hall–Kier alpha value is -1.55. The summed E-state index contributed by atoms with van der Waals surface area (Å²) in [7, 11) is 0. The van der Waals surface area contributed by atoms with E-state index in [1.165, 1.54) is 6.34 Å². The van der Waals surface area contributed by atoms with Crippen LogP contribution in [0.15, 0.2) is 23.3 Å². The minimum atomic E-state index is 0.744. The van der Waals surface area contributed by atoms with E-state index in [9.17, 15) is 0 Å². The van der Waals surface area contributed by atoms with Gasteiger partial charge in [-0.25, -0.2) is 0 Å². The SMILES string of the molecule is Cc1cc(N)cc([NH2+]N=CN)c1. The van der Waals surface area contributed by atoms with Crippen molar-refractivity contribution >= 4 is 17.7 Å². The van der Waals surface area contributed by atoms with Crippen LogP contribution in [0, 0.1) is 6.92 Å². The molecule has 0 saturated heterocycles. The Morgan fingerprint density at radius 3 is 2.75 bits per heavy atom. The van der Waals surface area contributed by atoms with E-state index in [2.05, 4.69) is 5.10 Å². The molecule has 0 fully saturated rings. The first-order valence-corrected chi connectivity index (χ1v) is 3.66. The zero-order chi connectivity index (χ0) is 8.97. The highest BCUT2D eigenvalue weighted by atomic mass is 15.3. The van der Waals surface area contributed by atoms with Crippen LogP contribution in [-0.4, -0.2) is 6.34 Å². The molecule has 1 aromatic rings. The van der Waals surface area contributed by atoms with Crippen LogP contribution in [-0.2, 0) is 0 Å². The van der Waals surface area contributed by atoms with E-state index in [1.54, 1.807) is 5.43 Å². The summed E-state index contributed by atoms with van der Waals surface area (Å²) in [4.78, 5) is 0. The average Bonchev–Trinajstić information content (AvgIpc) is 1.99. The first kappa shape index (κ1) is 8.55. The first-order valence-electron chi connectivity index (χ1n) is 3.66. The maximum Gasteiger partial charge on any atom is 0.158 e. The van der Waals surface area contributed by atoms with E-state index >= 15 is 0 Å². The van der Waals surface area contributed by atoms with Gasteiger partial charge in [0, 0.05) is 17.8 Å². The number of hydrogen-bond acceptors (Lipinski definition) is 2. The molecule has 0 amide bonds. The smallest absolute Gasteiger partial charge is 0.158 e. The average molecular weight is 165 g/mol. The number of benzene rings is 1. The lowest BCUT2D eigenvalue weighted by molar-refractivity contribution is -0.577. The molecule has 12 heavy (non-hydrogen) atoms. The first-order chi connectivity index (χ1) is 5.72. The van der Waals surface area contributed by atoms with Gasteiger partial charge in [0.15, 0.2) is 5.69 Å². The van der Waals surface area contributed by atoms with Crippen molar-refractivity contribution in [2.45, 2.75) is 6.92 Å². The van der Waals surface area contributed by atoms with E-state index in [1.807, 2.05) is 25.1 Å². The van der Waals surface area contributed by atoms with Crippen LogP contribution in [0.5, 0.6) is 0 Å². The number of nitrogens with two attached hydrogens (primary N) is 3. The second kappa shape index (κ2) is 3.73. The minimum Gasteiger partial charge on any atom is -0.399 e. The van der Waals surface area contributed by atoms with E-state index in [0.717, 1.165) is 16.9 Å². The summed E-state index contributed by atoms with van der Waals surface area (Å²) in [6, 6.07) is 5.74. The molecule has 4 heteroatoms. The molecule has 4 nitrogen and oxygen atoms in total. The van der Waals surface area contributed by atoms with Crippen molar-refractivity contribution in [1.82, 2.24) is 0 Å². The molecule has 0 spiro atoms. The molecule has 0 aliphatic heterocycles. The molecule has 0 aliphatic rings. The molecule has 0 bridgehead atoms. The fourth-order valence-electron chi connectivity index (χ4n) is 1.05. The van der Waals surface area contributed by atoms with Crippen LogP contribution in [0.2, 0.25) is 0 Å². The molecule has 0 heterocycles. The van der Waals surface area contributed by atoms with Gasteiger partial charge in [0.25, 0.3) is 0 Å². The summed E-state index contributed by atoms with van der Waals surface area (Å²) in [5.74, 6) is 0. The van der Waals surface area contributed by atoms with Crippen molar-refractivity contribution in [2.24, 2.45) is 10.8 Å². The Morgan fingerprint density at radius 2 is 2.17 bits per heavy atom. The van der Waals surface area contributed by atoms with E-state index in [-0.39, 0.29) is 0 Å². The highest BCUT2D eigenvalue weighted by molar-refractivity contribution is 5.51. The molecule has 1 aromatic carbocycles. The van der Waals surface area contributed by atoms with Gasteiger partial charge in [0.05, 0.1) is 0 Å². The summed E-state index contributed by atoms with van der Waals surface area (Å²) >= 11 is 0. The van der Waals surface area contributed by atoms with Crippen molar-refractivity contribution in [3.05, 3.63) is 23.8 Å². The van der Waals surface area contributed by atoms with Gasteiger partial charge < -0.3 is 11.5 Å². The fraction of sp³-hybridized carbons (Fsp3) is 0.125. The predicted molar refractivity (Wildman–Crippen MR) is 49.9 cm³/mol. The Labute approximate surface area is 71.3 Å². The number of hydrogen-bond donors (Lipinski definition) is 3. The van der Waals surface area contributed by atoms with E-state index in [0.29, 0.717) is 0 Å². The Morgan fingerprint density at radius 1 is 1.42 bits per heavy atom. The lowest BCUT2D eigenvalue weighted by atomic mass is 10.2. The van der Waals surface area contributed by atoms with Crippen LogP contribution < -0.4 is 16.9 Å². The molecular weight excluding hydrogens is 152 g/mol. The molecule has 1 rings (SSSR count). The summed E-state index contributed by atoms with van der Waals surface area (Å²) < 4.78 is 0. The standard InChI is InChI=1S/C8H12N4/c1-6-2-7(10)4-8(3-6)12-11-5-9/h2-5,12H,10H2,1H3,(H2,9,11)/p+1. The van der Waals surface area contributed by atoms with Crippen molar-refractivity contribution in [1.29, 1.82) is 0 Å². The maximum atomic E-state index is 5.63. The Bertz CT molecular complexity index is 273. The molecule has 0 unspecified atom stereocenters. The molecule has 0 saturated carbocycles. The van der Waals surface area contributed by atoms with Gasteiger partial charge in [-0.3, -0.25) is 0 Å². The van der Waals surface area contributed by atoms with Gasteiger partial charge in [-0.2, -0.15) is 5.43 Å². The van der Waals surface area contributed by atoms with Crippen molar-refractivity contribution in [3.63, 3.8) is 0 Å². The number of nitrogen functional groups attached to an aromatic ring is 1. The molecular formula is C8H13N4+. The number of quaternary nitrogens is 1. The van der Waals surface area contributed by atoms with Gasteiger partial charge in [0.2, 0.25) is 0 Å². The third kappa shape index (κ3) is 2.25. The van der Waals surface area contributed by atoms with Crippen LogP contribution in [0.1, 0.15) is 5.56 Å². The van der Waals surface area contributed by atoms with Crippen LogP contribution >= 0.6 is 0 Å². The lowest BCUT2D eigenvalue weighted by Crippen LogP contribution is -2.71. The zero-order valence-electron chi connectivity index (χ0n) is 6.99. The summed E-state index contributed by atoms with van der Waals surface area (Å²) in [5, 5.41) is 3.80. The monoisotopic (exact) mass is 165 g/mol. The zero-order valence-corrected chi connectivity index (χ0v) is 6.99. The van der Waals surface area contributed by atoms with Crippen molar-refractivity contribution < 1.29 is 5.43 Å². The second-order valence-corrected chi connectivity index (χ2v) is 2.60.